The van der Waals surface area contributed by atoms with Crippen LogP contribution in [-0.4, -0.2) is 30.7 Å². The number of carbonyl (C=O) groups is 1. The Morgan fingerprint density at radius 3 is 3.09 bits per heavy atom. The van der Waals surface area contributed by atoms with Crippen LogP contribution in [0.25, 0.3) is 11.3 Å². The van der Waals surface area contributed by atoms with E-state index in [1.807, 2.05) is 12.1 Å². The average molecular weight is 302 g/mol. The number of nitrogens with zero attached hydrogens (tertiary/aromatic N) is 1. The predicted octanol–water partition coefficient (Wildman–Crippen LogP) is 2.86. The normalized spacial score (nSPS) is 17.4. The minimum Gasteiger partial charge on any atom is -0.496 e. The number of ether oxygens (including phenoxy) is 2. The molecule has 22 heavy (non-hydrogen) atoms. The fourth-order valence-corrected chi connectivity index (χ4v) is 2.55. The zero-order valence-corrected chi connectivity index (χ0v) is 12.4. The first kappa shape index (κ1) is 14.6. The Hall–Kier alpha value is -2.34. The second-order valence-electron chi connectivity index (χ2n) is 5.17. The molecule has 1 fully saturated rings. The summed E-state index contributed by atoms with van der Waals surface area (Å²) in [6.07, 6.45) is 5.38. The van der Waals surface area contributed by atoms with Crippen molar-refractivity contribution in [1.29, 1.82) is 0 Å². The average Bonchev–Trinajstić information content (AvgIpc) is 3.20. The molecule has 3 rings (SSSR count). The standard InChI is InChI=1S/C16H18N2O4/c1-20-14-7-11(4-5-13(14)15-9-17-10-22-15)18-16(19)8-12-3-2-6-21-12/h4-5,7,9-10,12H,2-3,6,8H2,1H3,(H,18,19). The lowest BCUT2D eigenvalue weighted by molar-refractivity contribution is -0.118. The van der Waals surface area contributed by atoms with Crippen molar-refractivity contribution in [3.8, 4) is 17.1 Å². The highest BCUT2D eigenvalue weighted by Crippen LogP contribution is 2.32. The molecule has 116 valence electrons. The van der Waals surface area contributed by atoms with E-state index in [9.17, 15) is 4.79 Å². The smallest absolute Gasteiger partial charge is 0.226 e. The fraction of sp³-hybridized carbons (Fsp3) is 0.375. The van der Waals surface area contributed by atoms with Crippen molar-refractivity contribution in [3.63, 3.8) is 0 Å². The van der Waals surface area contributed by atoms with Gasteiger partial charge in [-0.05, 0) is 25.0 Å². The summed E-state index contributed by atoms with van der Waals surface area (Å²) < 4.78 is 16.1. The number of carbonyl (C=O) groups excluding carboxylic acids is 1. The number of rotatable bonds is 5. The molecule has 2 aromatic rings. The van der Waals surface area contributed by atoms with Gasteiger partial charge in [0.05, 0.1) is 31.4 Å². The molecule has 6 nitrogen and oxygen atoms in total. The first-order valence-electron chi connectivity index (χ1n) is 7.24. The van der Waals surface area contributed by atoms with Crippen LogP contribution >= 0.6 is 0 Å². The summed E-state index contributed by atoms with van der Waals surface area (Å²) in [4.78, 5) is 15.9. The number of hydrogen-bond acceptors (Lipinski definition) is 5. The van der Waals surface area contributed by atoms with Gasteiger partial charge in [-0.2, -0.15) is 0 Å². The maximum Gasteiger partial charge on any atom is 0.226 e. The molecule has 6 heteroatoms. The monoisotopic (exact) mass is 302 g/mol. The Morgan fingerprint density at radius 1 is 1.50 bits per heavy atom. The molecule has 1 amide bonds. The van der Waals surface area contributed by atoms with Gasteiger partial charge in [0.2, 0.25) is 5.91 Å². The van der Waals surface area contributed by atoms with Crippen LogP contribution in [0.5, 0.6) is 5.75 Å². The summed E-state index contributed by atoms with van der Waals surface area (Å²) in [5, 5.41) is 2.87. The summed E-state index contributed by atoms with van der Waals surface area (Å²) in [5.41, 5.74) is 1.47. The van der Waals surface area contributed by atoms with Gasteiger partial charge in [-0.15, -0.1) is 0 Å². The van der Waals surface area contributed by atoms with Crippen LogP contribution in [0, 0.1) is 0 Å². The van der Waals surface area contributed by atoms with E-state index in [-0.39, 0.29) is 12.0 Å². The highest BCUT2D eigenvalue weighted by atomic mass is 16.5. The molecule has 0 bridgehead atoms. The topological polar surface area (TPSA) is 73.6 Å². The Labute approximate surface area is 128 Å². The fourth-order valence-electron chi connectivity index (χ4n) is 2.55. The third-order valence-corrected chi connectivity index (χ3v) is 3.62. The molecule has 2 heterocycles. The SMILES string of the molecule is COc1cc(NC(=O)CC2CCCO2)ccc1-c1cnco1. The van der Waals surface area contributed by atoms with Gasteiger partial charge in [-0.1, -0.05) is 0 Å². The molecule has 1 aliphatic heterocycles. The van der Waals surface area contributed by atoms with Crippen LogP contribution in [0.15, 0.2) is 35.2 Å². The minimum atomic E-state index is -0.0543. The number of hydrogen-bond donors (Lipinski definition) is 1. The van der Waals surface area contributed by atoms with E-state index in [1.54, 1.807) is 19.4 Å². The molecular weight excluding hydrogens is 284 g/mol. The number of oxazole rings is 1. The van der Waals surface area contributed by atoms with E-state index in [2.05, 4.69) is 10.3 Å². The number of benzene rings is 1. The number of methoxy groups -OCH3 is 1. The molecular formula is C16H18N2O4. The van der Waals surface area contributed by atoms with E-state index in [0.717, 1.165) is 25.0 Å². The van der Waals surface area contributed by atoms with Gasteiger partial charge in [0, 0.05) is 18.4 Å². The molecule has 1 aromatic heterocycles. The Kier molecular flexibility index (Phi) is 4.39. The molecule has 1 aromatic carbocycles. The Balaban J connectivity index is 1.70. The highest BCUT2D eigenvalue weighted by Gasteiger charge is 2.19. The summed E-state index contributed by atoms with van der Waals surface area (Å²) in [5.74, 6) is 1.18. The quantitative estimate of drug-likeness (QED) is 0.919. The van der Waals surface area contributed by atoms with Gasteiger partial charge in [-0.3, -0.25) is 4.79 Å². The maximum atomic E-state index is 12.0. The van der Waals surface area contributed by atoms with Crippen molar-refractivity contribution >= 4 is 11.6 Å². The van der Waals surface area contributed by atoms with Crippen LogP contribution in [0.1, 0.15) is 19.3 Å². The lowest BCUT2D eigenvalue weighted by Crippen LogP contribution is -2.19. The van der Waals surface area contributed by atoms with E-state index in [0.29, 0.717) is 23.6 Å². The number of anilines is 1. The summed E-state index contributed by atoms with van der Waals surface area (Å²) in [7, 11) is 1.58. The zero-order chi connectivity index (χ0) is 15.4. The van der Waals surface area contributed by atoms with Gasteiger partial charge >= 0.3 is 0 Å². The molecule has 1 aliphatic rings. The van der Waals surface area contributed by atoms with Crippen molar-refractivity contribution in [2.24, 2.45) is 0 Å². The van der Waals surface area contributed by atoms with Crippen LogP contribution in [-0.2, 0) is 9.53 Å². The molecule has 0 saturated carbocycles. The predicted molar refractivity (Wildman–Crippen MR) is 80.7 cm³/mol. The molecule has 1 saturated heterocycles. The van der Waals surface area contributed by atoms with Crippen molar-refractivity contribution in [3.05, 3.63) is 30.8 Å². The minimum absolute atomic E-state index is 0.0374. The van der Waals surface area contributed by atoms with Crippen molar-refractivity contribution in [2.75, 3.05) is 19.0 Å². The van der Waals surface area contributed by atoms with E-state index >= 15 is 0 Å². The molecule has 1 atom stereocenters. The first-order chi connectivity index (χ1) is 10.8. The number of nitrogens with one attached hydrogen (secondary N) is 1. The lowest BCUT2D eigenvalue weighted by Gasteiger charge is -2.12. The Morgan fingerprint density at radius 2 is 2.41 bits per heavy atom. The summed E-state index contributed by atoms with van der Waals surface area (Å²) in [6, 6.07) is 5.42. The third-order valence-electron chi connectivity index (χ3n) is 3.62. The second-order valence-corrected chi connectivity index (χ2v) is 5.17. The summed E-state index contributed by atoms with van der Waals surface area (Å²) >= 11 is 0. The Bertz CT molecular complexity index is 634. The van der Waals surface area contributed by atoms with Gasteiger partial charge in [0.15, 0.2) is 12.2 Å². The molecule has 1 N–H and O–H groups in total. The molecule has 0 aliphatic carbocycles. The van der Waals surface area contributed by atoms with E-state index < -0.39 is 0 Å². The zero-order valence-electron chi connectivity index (χ0n) is 12.4. The van der Waals surface area contributed by atoms with Crippen LogP contribution in [0.2, 0.25) is 0 Å². The third kappa shape index (κ3) is 3.28. The van der Waals surface area contributed by atoms with Gasteiger partial charge in [0.1, 0.15) is 5.75 Å². The molecule has 0 radical (unpaired) electrons. The van der Waals surface area contributed by atoms with Crippen molar-refractivity contribution < 1.29 is 18.7 Å². The summed E-state index contributed by atoms with van der Waals surface area (Å²) in [6.45, 7) is 0.748. The van der Waals surface area contributed by atoms with Crippen LogP contribution < -0.4 is 10.1 Å². The maximum absolute atomic E-state index is 12.0. The molecule has 1 unspecified atom stereocenters. The van der Waals surface area contributed by atoms with Gasteiger partial charge in [0.25, 0.3) is 0 Å². The second kappa shape index (κ2) is 6.62. The van der Waals surface area contributed by atoms with Gasteiger partial charge < -0.3 is 19.2 Å². The number of amides is 1. The lowest BCUT2D eigenvalue weighted by atomic mass is 10.1. The van der Waals surface area contributed by atoms with E-state index in [4.69, 9.17) is 13.9 Å². The van der Waals surface area contributed by atoms with Crippen molar-refractivity contribution in [1.82, 2.24) is 4.98 Å². The van der Waals surface area contributed by atoms with Gasteiger partial charge in [-0.25, -0.2) is 4.98 Å². The largest absolute Gasteiger partial charge is 0.496 e. The van der Waals surface area contributed by atoms with Crippen molar-refractivity contribution in [2.45, 2.75) is 25.4 Å². The molecule has 0 spiro atoms. The van der Waals surface area contributed by atoms with E-state index in [1.165, 1.54) is 6.39 Å². The van der Waals surface area contributed by atoms with Crippen LogP contribution in [0.3, 0.4) is 0 Å². The number of aromatic nitrogens is 1. The highest BCUT2D eigenvalue weighted by molar-refractivity contribution is 5.91. The first-order valence-corrected chi connectivity index (χ1v) is 7.24. The van der Waals surface area contributed by atoms with Crippen LogP contribution in [0.4, 0.5) is 5.69 Å².